The number of rotatable bonds is 6. The van der Waals surface area contributed by atoms with Crippen LogP contribution in [-0.4, -0.2) is 29.8 Å². The Hall–Kier alpha value is -0.610. The Balaban J connectivity index is 3.58. The van der Waals surface area contributed by atoms with Gasteiger partial charge in [-0.2, -0.15) is 0 Å². The molecule has 0 heterocycles. The Morgan fingerprint density at radius 2 is 2.00 bits per heavy atom. The normalized spacial score (nSPS) is 13.3. The molecule has 0 spiro atoms. The average Bonchev–Trinajstić information content (AvgIpc) is 2.05. The summed E-state index contributed by atoms with van der Waals surface area (Å²) in [4.78, 5) is 10.3. The molecule has 72 valence electrons. The fourth-order valence-corrected chi connectivity index (χ4v) is 0.835. The molecule has 0 saturated carbocycles. The number of nitrogens with two attached hydrogens (primary N) is 1. The van der Waals surface area contributed by atoms with Crippen molar-refractivity contribution >= 4 is 5.97 Å². The maximum Gasteiger partial charge on any atom is 0.322 e. The summed E-state index contributed by atoms with van der Waals surface area (Å²) in [6.45, 7) is 4.10. The fourth-order valence-electron chi connectivity index (χ4n) is 0.835. The van der Waals surface area contributed by atoms with Crippen LogP contribution < -0.4 is 5.73 Å². The molecule has 0 bridgehead atoms. The van der Waals surface area contributed by atoms with Crippen LogP contribution in [0.25, 0.3) is 0 Å². The minimum absolute atomic E-state index is 0.0989. The lowest BCUT2D eigenvalue weighted by molar-refractivity contribution is -0.140. The largest absolute Gasteiger partial charge is 0.480 e. The molecule has 0 radical (unpaired) electrons. The van der Waals surface area contributed by atoms with E-state index in [9.17, 15) is 4.79 Å². The number of hydrogen-bond acceptors (Lipinski definition) is 3. The number of carbonyl (C=O) groups is 1. The summed E-state index contributed by atoms with van der Waals surface area (Å²) in [5, 5.41) is 8.44. The lowest BCUT2D eigenvalue weighted by Gasteiger charge is -2.15. The summed E-state index contributed by atoms with van der Waals surface area (Å²) >= 11 is 0. The molecule has 0 aromatic carbocycles. The van der Waals surface area contributed by atoms with E-state index in [0.717, 1.165) is 12.8 Å². The van der Waals surface area contributed by atoms with Gasteiger partial charge >= 0.3 is 5.97 Å². The number of carboxylic acid groups (broad SMARTS) is 1. The van der Waals surface area contributed by atoms with E-state index in [0.29, 0.717) is 0 Å². The van der Waals surface area contributed by atoms with Crippen molar-refractivity contribution in [2.24, 2.45) is 5.73 Å². The van der Waals surface area contributed by atoms with Crippen molar-refractivity contribution in [3.63, 3.8) is 0 Å². The van der Waals surface area contributed by atoms with Crippen LogP contribution in [0.4, 0.5) is 0 Å². The molecule has 0 amide bonds. The van der Waals surface area contributed by atoms with E-state index in [1.165, 1.54) is 0 Å². The summed E-state index contributed by atoms with van der Waals surface area (Å²) in [5.74, 6) is -1.01. The van der Waals surface area contributed by atoms with E-state index in [4.69, 9.17) is 15.6 Å². The monoisotopic (exact) mass is 175 g/mol. The van der Waals surface area contributed by atoms with Gasteiger partial charge in [0.05, 0.1) is 12.7 Å². The van der Waals surface area contributed by atoms with Gasteiger partial charge in [-0.1, -0.05) is 13.8 Å². The second kappa shape index (κ2) is 5.97. The topological polar surface area (TPSA) is 72.5 Å². The molecule has 0 aromatic rings. The van der Waals surface area contributed by atoms with Crippen molar-refractivity contribution < 1.29 is 14.6 Å². The summed E-state index contributed by atoms with van der Waals surface area (Å²) in [7, 11) is 0. The number of ether oxygens (including phenoxy) is 1. The van der Waals surface area contributed by atoms with Gasteiger partial charge in [-0.15, -0.1) is 0 Å². The molecule has 0 fully saturated rings. The molecule has 12 heavy (non-hydrogen) atoms. The van der Waals surface area contributed by atoms with Crippen LogP contribution in [0.2, 0.25) is 0 Å². The molecule has 4 nitrogen and oxygen atoms in total. The van der Waals surface area contributed by atoms with Crippen molar-refractivity contribution in [2.75, 3.05) is 6.61 Å². The Kier molecular flexibility index (Phi) is 5.66. The minimum atomic E-state index is -1.01. The van der Waals surface area contributed by atoms with E-state index >= 15 is 0 Å². The van der Waals surface area contributed by atoms with Gasteiger partial charge in [0.15, 0.2) is 0 Å². The Morgan fingerprint density at radius 1 is 1.50 bits per heavy atom. The van der Waals surface area contributed by atoms with E-state index in [2.05, 4.69) is 0 Å². The highest BCUT2D eigenvalue weighted by Gasteiger charge is 2.13. The Labute approximate surface area is 72.7 Å². The van der Waals surface area contributed by atoms with Gasteiger partial charge in [0.2, 0.25) is 0 Å². The average molecular weight is 175 g/mol. The first-order chi connectivity index (χ1) is 5.61. The molecule has 0 aliphatic heterocycles. The summed E-state index contributed by atoms with van der Waals surface area (Å²) < 4.78 is 5.26. The quantitative estimate of drug-likeness (QED) is 0.620. The van der Waals surface area contributed by atoms with Crippen LogP contribution in [-0.2, 0) is 9.53 Å². The van der Waals surface area contributed by atoms with Crippen LogP contribution >= 0.6 is 0 Å². The Morgan fingerprint density at radius 3 is 2.33 bits per heavy atom. The third-order valence-corrected chi connectivity index (χ3v) is 1.74. The first-order valence-electron chi connectivity index (χ1n) is 4.21. The molecule has 0 aromatic heterocycles. The van der Waals surface area contributed by atoms with Crippen molar-refractivity contribution in [1.29, 1.82) is 0 Å². The second-order valence-corrected chi connectivity index (χ2v) is 2.72. The van der Waals surface area contributed by atoms with E-state index in [1.54, 1.807) is 0 Å². The molecule has 0 saturated heterocycles. The van der Waals surface area contributed by atoms with Gasteiger partial charge in [-0.3, -0.25) is 4.79 Å². The van der Waals surface area contributed by atoms with Crippen LogP contribution in [0.5, 0.6) is 0 Å². The number of hydrogen-bond donors (Lipinski definition) is 2. The van der Waals surface area contributed by atoms with Crippen molar-refractivity contribution in [3.05, 3.63) is 0 Å². The van der Waals surface area contributed by atoms with Crippen molar-refractivity contribution in [3.8, 4) is 0 Å². The molecule has 0 rings (SSSR count). The zero-order chi connectivity index (χ0) is 9.56. The second-order valence-electron chi connectivity index (χ2n) is 2.72. The standard InChI is InChI=1S/C8H17NO3/c1-3-6(4-2)12-5-7(9)8(10)11/h6-7H,3-5,9H2,1-2H3,(H,10,11)/t7-/m1/s1. The lowest BCUT2D eigenvalue weighted by atomic mass is 10.2. The van der Waals surface area contributed by atoms with Gasteiger partial charge in [-0.05, 0) is 12.8 Å². The van der Waals surface area contributed by atoms with E-state index < -0.39 is 12.0 Å². The van der Waals surface area contributed by atoms with Crippen molar-refractivity contribution in [1.82, 2.24) is 0 Å². The predicted octanol–water partition coefficient (Wildman–Crippen LogP) is 0.603. The molecule has 4 heteroatoms. The van der Waals surface area contributed by atoms with Crippen LogP contribution in [0.3, 0.4) is 0 Å². The highest BCUT2D eigenvalue weighted by molar-refractivity contribution is 5.73. The van der Waals surface area contributed by atoms with E-state index in [-0.39, 0.29) is 12.7 Å². The summed E-state index contributed by atoms with van der Waals surface area (Å²) in [6, 6.07) is -0.898. The number of aliphatic carboxylic acids is 1. The summed E-state index contributed by atoms with van der Waals surface area (Å²) in [5.41, 5.74) is 5.25. The molecular weight excluding hydrogens is 158 g/mol. The van der Waals surface area contributed by atoms with Gasteiger partial charge in [-0.25, -0.2) is 0 Å². The third-order valence-electron chi connectivity index (χ3n) is 1.74. The molecule has 0 aliphatic rings. The molecule has 1 atom stereocenters. The SMILES string of the molecule is CCC(CC)OC[C@@H](N)C(=O)O. The van der Waals surface area contributed by atoms with Gasteiger partial charge in [0.25, 0.3) is 0 Å². The minimum Gasteiger partial charge on any atom is -0.480 e. The molecule has 0 unspecified atom stereocenters. The molecule has 3 N–H and O–H groups in total. The Bertz CT molecular complexity index is 134. The smallest absolute Gasteiger partial charge is 0.322 e. The fraction of sp³-hybridized carbons (Fsp3) is 0.875. The van der Waals surface area contributed by atoms with Crippen LogP contribution in [0.1, 0.15) is 26.7 Å². The zero-order valence-corrected chi connectivity index (χ0v) is 7.62. The third kappa shape index (κ3) is 4.31. The van der Waals surface area contributed by atoms with Crippen molar-refractivity contribution in [2.45, 2.75) is 38.8 Å². The molecular formula is C8H17NO3. The predicted molar refractivity (Wildman–Crippen MR) is 45.9 cm³/mol. The molecule has 0 aliphatic carbocycles. The highest BCUT2D eigenvalue weighted by Crippen LogP contribution is 2.02. The zero-order valence-electron chi connectivity index (χ0n) is 7.62. The summed E-state index contributed by atoms with van der Waals surface area (Å²) in [6.07, 6.45) is 1.92. The highest BCUT2D eigenvalue weighted by atomic mass is 16.5. The maximum atomic E-state index is 10.3. The van der Waals surface area contributed by atoms with Crippen LogP contribution in [0.15, 0.2) is 0 Å². The van der Waals surface area contributed by atoms with Gasteiger partial charge in [0, 0.05) is 0 Å². The van der Waals surface area contributed by atoms with E-state index in [1.807, 2.05) is 13.8 Å². The number of carboxylic acids is 1. The lowest BCUT2D eigenvalue weighted by Crippen LogP contribution is -2.36. The first-order valence-corrected chi connectivity index (χ1v) is 4.21. The van der Waals surface area contributed by atoms with Gasteiger partial charge in [0.1, 0.15) is 6.04 Å². The van der Waals surface area contributed by atoms with Crippen LogP contribution in [0, 0.1) is 0 Å². The first kappa shape index (κ1) is 11.4. The van der Waals surface area contributed by atoms with Gasteiger partial charge < -0.3 is 15.6 Å². The maximum absolute atomic E-state index is 10.3.